The van der Waals surface area contributed by atoms with Crippen LogP contribution in [0.1, 0.15) is 16.3 Å². The van der Waals surface area contributed by atoms with Crippen molar-refractivity contribution in [3.63, 3.8) is 0 Å². The fourth-order valence-corrected chi connectivity index (χ4v) is 4.29. The van der Waals surface area contributed by atoms with Crippen LogP contribution in [-0.2, 0) is 19.6 Å². The molecule has 0 saturated heterocycles. The lowest BCUT2D eigenvalue weighted by Gasteiger charge is -2.16. The number of methoxy groups -OCH3 is 1. The predicted molar refractivity (Wildman–Crippen MR) is 112 cm³/mol. The number of aromatic nitrogens is 3. The van der Waals surface area contributed by atoms with E-state index in [1.54, 1.807) is 23.2 Å². The average Bonchev–Trinajstić information content (AvgIpc) is 3.34. The highest BCUT2D eigenvalue weighted by Crippen LogP contribution is 2.42. The van der Waals surface area contributed by atoms with Crippen molar-refractivity contribution >= 4 is 46.5 Å². The largest absolute Gasteiger partial charge is 0.496 e. The molecule has 0 spiro atoms. The lowest BCUT2D eigenvalue weighted by Crippen LogP contribution is -2.36. The molecule has 0 unspecified atom stereocenters. The highest BCUT2D eigenvalue weighted by Gasteiger charge is 2.30. The normalized spacial score (nSPS) is 12.7. The minimum absolute atomic E-state index is 0.0943. The van der Waals surface area contributed by atoms with Crippen molar-refractivity contribution in [2.75, 3.05) is 12.8 Å². The zero-order valence-corrected chi connectivity index (χ0v) is 17.6. The Balaban J connectivity index is 1.65. The van der Waals surface area contributed by atoms with E-state index in [2.05, 4.69) is 20.3 Å². The summed E-state index contributed by atoms with van der Waals surface area (Å²) in [5.74, 6) is 0.561. The molecule has 0 fully saturated rings. The van der Waals surface area contributed by atoms with Gasteiger partial charge in [-0.05, 0) is 12.1 Å². The van der Waals surface area contributed by atoms with E-state index < -0.39 is 0 Å². The Kier molecular flexibility index (Phi) is 5.44. The second kappa shape index (κ2) is 8.02. The number of anilines is 1. The predicted octanol–water partition coefficient (Wildman–Crippen LogP) is 3.72. The SMILES string of the molecule is COc1cc(Cl)cc(Cl)c1-c1nc(N)nc2c1CN(C(=O)NCc1nccs1)C2. The van der Waals surface area contributed by atoms with E-state index in [4.69, 9.17) is 33.7 Å². The number of carbonyl (C=O) groups excluding carboxylic acids is 1. The molecule has 0 bridgehead atoms. The molecule has 1 aliphatic heterocycles. The fraction of sp³-hybridized carbons (Fsp3) is 0.222. The number of fused-ring (bicyclic) bond motifs is 1. The van der Waals surface area contributed by atoms with Crippen LogP contribution < -0.4 is 15.8 Å². The maximum Gasteiger partial charge on any atom is 0.318 e. The van der Waals surface area contributed by atoms with Gasteiger partial charge < -0.3 is 20.7 Å². The van der Waals surface area contributed by atoms with Gasteiger partial charge in [-0.3, -0.25) is 0 Å². The van der Waals surface area contributed by atoms with Gasteiger partial charge in [-0.1, -0.05) is 23.2 Å². The third-order valence-electron chi connectivity index (χ3n) is 4.44. The number of ether oxygens (including phenoxy) is 1. The number of urea groups is 1. The standard InChI is InChI=1S/C18H16Cl2N6O2S/c1-28-13-5-9(19)4-11(20)15(13)16-10-7-26(8-12(10)24-17(21)25-16)18(27)23-6-14-22-2-3-29-14/h2-5H,6-8H2,1H3,(H,23,27)(H2,21,24,25). The highest BCUT2D eigenvalue weighted by atomic mass is 35.5. The minimum atomic E-state index is -0.225. The number of nitrogens with one attached hydrogen (secondary N) is 1. The van der Waals surface area contributed by atoms with Crippen molar-refractivity contribution < 1.29 is 9.53 Å². The number of amides is 2. The number of nitrogen functional groups attached to an aromatic ring is 1. The van der Waals surface area contributed by atoms with Crippen molar-refractivity contribution in [2.24, 2.45) is 0 Å². The van der Waals surface area contributed by atoms with Crippen molar-refractivity contribution in [1.82, 2.24) is 25.2 Å². The molecule has 2 amide bonds. The van der Waals surface area contributed by atoms with E-state index in [1.807, 2.05) is 5.38 Å². The van der Waals surface area contributed by atoms with E-state index in [0.717, 1.165) is 10.6 Å². The van der Waals surface area contributed by atoms with Crippen molar-refractivity contribution in [1.29, 1.82) is 0 Å². The number of nitrogens with two attached hydrogens (primary N) is 1. The molecule has 4 rings (SSSR count). The molecule has 3 N–H and O–H groups in total. The molecule has 11 heteroatoms. The number of rotatable bonds is 4. The summed E-state index contributed by atoms with van der Waals surface area (Å²) in [5, 5.41) is 6.38. The van der Waals surface area contributed by atoms with Gasteiger partial charge in [0, 0.05) is 22.2 Å². The number of thiazole rings is 1. The van der Waals surface area contributed by atoms with Gasteiger partial charge in [0.2, 0.25) is 5.95 Å². The Morgan fingerprint density at radius 1 is 1.34 bits per heavy atom. The third kappa shape index (κ3) is 3.93. The van der Waals surface area contributed by atoms with E-state index in [-0.39, 0.29) is 12.0 Å². The van der Waals surface area contributed by atoms with E-state index in [9.17, 15) is 4.79 Å². The van der Waals surface area contributed by atoms with Crippen molar-refractivity contribution in [3.05, 3.63) is 50.0 Å². The Bertz CT molecular complexity index is 1080. The number of hydrogen-bond acceptors (Lipinski definition) is 7. The molecule has 0 atom stereocenters. The van der Waals surface area contributed by atoms with Crippen LogP contribution in [0.2, 0.25) is 10.0 Å². The topological polar surface area (TPSA) is 106 Å². The van der Waals surface area contributed by atoms with Gasteiger partial charge in [0.05, 0.1) is 48.7 Å². The van der Waals surface area contributed by atoms with Gasteiger partial charge in [0.1, 0.15) is 10.8 Å². The lowest BCUT2D eigenvalue weighted by molar-refractivity contribution is 0.197. The van der Waals surface area contributed by atoms with Gasteiger partial charge in [-0.15, -0.1) is 11.3 Å². The van der Waals surface area contributed by atoms with Gasteiger partial charge >= 0.3 is 6.03 Å². The number of benzene rings is 1. The summed E-state index contributed by atoms with van der Waals surface area (Å²) in [5.41, 5.74) is 8.46. The molecular weight excluding hydrogens is 435 g/mol. The molecule has 1 aliphatic rings. The Morgan fingerprint density at radius 2 is 2.17 bits per heavy atom. The van der Waals surface area contributed by atoms with E-state index >= 15 is 0 Å². The molecule has 0 aliphatic carbocycles. The van der Waals surface area contributed by atoms with Crippen LogP contribution in [0.5, 0.6) is 5.75 Å². The van der Waals surface area contributed by atoms with Crippen LogP contribution in [0.3, 0.4) is 0 Å². The van der Waals surface area contributed by atoms with Crippen molar-refractivity contribution in [2.45, 2.75) is 19.6 Å². The zero-order chi connectivity index (χ0) is 20.5. The maximum absolute atomic E-state index is 12.6. The van der Waals surface area contributed by atoms with Crippen molar-refractivity contribution in [3.8, 4) is 17.0 Å². The minimum Gasteiger partial charge on any atom is -0.496 e. The van der Waals surface area contributed by atoms with Crippen LogP contribution in [0, 0.1) is 0 Å². The van der Waals surface area contributed by atoms with Gasteiger partial charge in [0.15, 0.2) is 0 Å². The van der Waals surface area contributed by atoms with Crippen LogP contribution in [0.4, 0.5) is 10.7 Å². The summed E-state index contributed by atoms with van der Waals surface area (Å²) < 4.78 is 5.45. The molecule has 3 aromatic rings. The molecule has 150 valence electrons. The summed E-state index contributed by atoms with van der Waals surface area (Å²) in [6, 6.07) is 3.04. The lowest BCUT2D eigenvalue weighted by atomic mass is 10.0. The fourth-order valence-electron chi connectivity index (χ4n) is 3.17. The molecule has 0 saturated carbocycles. The first kappa shape index (κ1) is 19.7. The second-order valence-electron chi connectivity index (χ2n) is 6.26. The van der Waals surface area contributed by atoms with Gasteiger partial charge in [-0.2, -0.15) is 0 Å². The van der Waals surface area contributed by atoms with Crippen LogP contribution in [-0.4, -0.2) is 33.0 Å². The van der Waals surface area contributed by atoms with Crippen LogP contribution >= 0.6 is 34.5 Å². The smallest absolute Gasteiger partial charge is 0.318 e. The summed E-state index contributed by atoms with van der Waals surface area (Å²) in [4.78, 5) is 27.1. The zero-order valence-electron chi connectivity index (χ0n) is 15.3. The molecule has 8 nitrogen and oxygen atoms in total. The first-order valence-electron chi connectivity index (χ1n) is 8.56. The Labute approximate surface area is 180 Å². The quantitative estimate of drug-likeness (QED) is 0.626. The molecular formula is C18H16Cl2N6O2S. The van der Waals surface area contributed by atoms with E-state index in [0.29, 0.717) is 52.4 Å². The number of halogens is 2. The number of hydrogen-bond donors (Lipinski definition) is 2. The Morgan fingerprint density at radius 3 is 2.90 bits per heavy atom. The van der Waals surface area contributed by atoms with Crippen LogP contribution in [0.25, 0.3) is 11.3 Å². The maximum atomic E-state index is 12.6. The summed E-state index contributed by atoms with van der Waals surface area (Å²) in [6.45, 7) is 0.990. The highest BCUT2D eigenvalue weighted by molar-refractivity contribution is 7.09. The van der Waals surface area contributed by atoms with E-state index in [1.165, 1.54) is 18.4 Å². The monoisotopic (exact) mass is 450 g/mol. The number of carbonyl (C=O) groups is 1. The summed E-state index contributed by atoms with van der Waals surface area (Å²) >= 11 is 14.0. The first-order valence-corrected chi connectivity index (χ1v) is 10.2. The van der Waals surface area contributed by atoms with Crippen LogP contribution in [0.15, 0.2) is 23.7 Å². The molecule has 0 radical (unpaired) electrons. The third-order valence-corrected chi connectivity index (χ3v) is 5.73. The number of nitrogens with zero attached hydrogens (tertiary/aromatic N) is 4. The first-order chi connectivity index (χ1) is 14.0. The molecule has 3 heterocycles. The molecule has 29 heavy (non-hydrogen) atoms. The summed E-state index contributed by atoms with van der Waals surface area (Å²) in [7, 11) is 1.52. The van der Waals surface area contributed by atoms with Gasteiger partial charge in [-0.25, -0.2) is 19.7 Å². The van der Waals surface area contributed by atoms with Gasteiger partial charge in [0.25, 0.3) is 0 Å². The average molecular weight is 451 g/mol. The Hall–Kier alpha value is -2.62. The molecule has 2 aromatic heterocycles. The molecule has 1 aromatic carbocycles. The summed E-state index contributed by atoms with van der Waals surface area (Å²) in [6.07, 6.45) is 1.70. The second-order valence-corrected chi connectivity index (χ2v) is 8.08.